The first-order valence-electron chi connectivity index (χ1n) is 8.59. The molecule has 0 saturated carbocycles. The maximum Gasteiger partial charge on any atom is 0.218 e. The van der Waals surface area contributed by atoms with Crippen LogP contribution in [0.1, 0.15) is 30.9 Å². The molecule has 0 aliphatic carbocycles. The van der Waals surface area contributed by atoms with Gasteiger partial charge < -0.3 is 15.4 Å². The van der Waals surface area contributed by atoms with Gasteiger partial charge in [0, 0.05) is 37.5 Å². The van der Waals surface area contributed by atoms with Gasteiger partial charge in [-0.25, -0.2) is 13.8 Å². The van der Waals surface area contributed by atoms with E-state index in [0.717, 1.165) is 36.6 Å². The lowest BCUT2D eigenvalue weighted by Gasteiger charge is -2.14. The molecule has 5 nitrogen and oxygen atoms in total. The lowest BCUT2D eigenvalue weighted by molar-refractivity contribution is 0.294. The second-order valence-corrected chi connectivity index (χ2v) is 5.68. The summed E-state index contributed by atoms with van der Waals surface area (Å²) in [7, 11) is 1.61. The summed E-state index contributed by atoms with van der Waals surface area (Å²) in [5, 5.41) is 6.09. The summed E-state index contributed by atoms with van der Waals surface area (Å²) in [6.07, 6.45) is 3.70. The van der Waals surface area contributed by atoms with Gasteiger partial charge in [0.1, 0.15) is 11.6 Å². The Hall–Kier alpha value is -2.70. The Balaban J connectivity index is 1.92. The second kappa shape index (κ2) is 10.3. The van der Waals surface area contributed by atoms with Crippen LogP contribution >= 0.6 is 0 Å². The van der Waals surface area contributed by atoms with Gasteiger partial charge in [-0.05, 0) is 30.7 Å². The number of nitrogens with one attached hydrogen (secondary N) is 2. The van der Waals surface area contributed by atoms with Crippen LogP contribution < -0.4 is 15.4 Å². The molecule has 0 aliphatic heterocycles. The van der Waals surface area contributed by atoms with Gasteiger partial charge in [-0.15, -0.1) is 0 Å². The number of halogens is 2. The van der Waals surface area contributed by atoms with Gasteiger partial charge in [0.05, 0.1) is 6.61 Å². The first-order valence-corrected chi connectivity index (χ1v) is 8.59. The molecule has 7 heteroatoms. The average Bonchev–Trinajstić information content (AvgIpc) is 2.65. The molecular weight excluding hydrogens is 338 g/mol. The maximum atomic E-state index is 13.7. The van der Waals surface area contributed by atoms with Crippen molar-refractivity contribution in [3.8, 4) is 5.88 Å². The van der Waals surface area contributed by atoms with Crippen LogP contribution in [0.2, 0.25) is 0 Å². The highest BCUT2D eigenvalue weighted by atomic mass is 19.1. The third-order valence-corrected chi connectivity index (χ3v) is 3.71. The van der Waals surface area contributed by atoms with E-state index in [0.29, 0.717) is 25.0 Å². The fourth-order valence-corrected chi connectivity index (χ4v) is 2.26. The van der Waals surface area contributed by atoms with E-state index in [1.165, 1.54) is 0 Å². The minimum atomic E-state index is -0.477. The summed E-state index contributed by atoms with van der Waals surface area (Å²) in [6, 6.07) is 7.12. The summed E-state index contributed by atoms with van der Waals surface area (Å²) < 4.78 is 32.6. The predicted molar refractivity (Wildman–Crippen MR) is 98.0 cm³/mol. The molecule has 2 rings (SSSR count). The highest BCUT2D eigenvalue weighted by molar-refractivity contribution is 5.79. The van der Waals surface area contributed by atoms with Crippen molar-refractivity contribution >= 4 is 5.96 Å². The lowest BCUT2D eigenvalue weighted by atomic mass is 10.2. The molecule has 140 valence electrons. The SMILES string of the molecule is CCCCOc1ncccc1CNC(=NC)NCc1cc(F)ccc1F. The van der Waals surface area contributed by atoms with E-state index in [4.69, 9.17) is 4.74 Å². The highest BCUT2D eigenvalue weighted by Gasteiger charge is 2.08. The van der Waals surface area contributed by atoms with Gasteiger partial charge in [0.15, 0.2) is 5.96 Å². The minimum absolute atomic E-state index is 0.121. The Labute approximate surface area is 152 Å². The van der Waals surface area contributed by atoms with Crippen molar-refractivity contribution in [1.29, 1.82) is 0 Å². The number of unbranched alkanes of at least 4 members (excludes halogenated alkanes) is 1. The summed E-state index contributed by atoms with van der Waals surface area (Å²) in [5.41, 5.74) is 1.13. The molecule has 0 radical (unpaired) electrons. The molecule has 2 N–H and O–H groups in total. The smallest absolute Gasteiger partial charge is 0.218 e. The zero-order chi connectivity index (χ0) is 18.8. The number of pyridine rings is 1. The number of nitrogens with zero attached hydrogens (tertiary/aromatic N) is 2. The fraction of sp³-hybridized carbons (Fsp3) is 0.368. The zero-order valence-corrected chi connectivity index (χ0v) is 15.1. The van der Waals surface area contributed by atoms with Crippen LogP contribution in [-0.2, 0) is 13.1 Å². The number of guanidine groups is 1. The van der Waals surface area contributed by atoms with E-state index in [1.54, 1.807) is 13.2 Å². The first kappa shape index (κ1) is 19.6. The molecule has 26 heavy (non-hydrogen) atoms. The third kappa shape index (κ3) is 5.98. The molecule has 0 aliphatic rings. The minimum Gasteiger partial charge on any atom is -0.477 e. The second-order valence-electron chi connectivity index (χ2n) is 5.68. The van der Waals surface area contributed by atoms with Crippen LogP contribution in [0.25, 0.3) is 0 Å². The summed E-state index contributed by atoms with van der Waals surface area (Å²) in [6.45, 7) is 3.28. The number of aromatic nitrogens is 1. The van der Waals surface area contributed by atoms with Crippen molar-refractivity contribution in [1.82, 2.24) is 15.6 Å². The van der Waals surface area contributed by atoms with Gasteiger partial charge in [-0.2, -0.15) is 0 Å². The van der Waals surface area contributed by atoms with Crippen LogP contribution in [-0.4, -0.2) is 24.6 Å². The molecule has 0 bridgehead atoms. The number of ether oxygens (including phenoxy) is 1. The van der Waals surface area contributed by atoms with Crippen molar-refractivity contribution in [2.75, 3.05) is 13.7 Å². The molecule has 1 aromatic carbocycles. The Morgan fingerprint density at radius 1 is 1.15 bits per heavy atom. The molecule has 0 amide bonds. The number of rotatable bonds is 8. The van der Waals surface area contributed by atoms with Crippen molar-refractivity contribution in [3.63, 3.8) is 0 Å². The molecule has 2 aromatic rings. The van der Waals surface area contributed by atoms with Gasteiger partial charge in [0.25, 0.3) is 0 Å². The number of benzene rings is 1. The van der Waals surface area contributed by atoms with Gasteiger partial charge in [0.2, 0.25) is 5.88 Å². The first-order chi connectivity index (χ1) is 12.6. The topological polar surface area (TPSA) is 58.5 Å². The molecule has 0 unspecified atom stereocenters. The molecule has 0 atom stereocenters. The fourth-order valence-electron chi connectivity index (χ4n) is 2.26. The van der Waals surface area contributed by atoms with Crippen molar-refractivity contribution in [2.24, 2.45) is 4.99 Å². The van der Waals surface area contributed by atoms with E-state index >= 15 is 0 Å². The molecule has 1 heterocycles. The molecule has 0 spiro atoms. The average molecular weight is 362 g/mol. The standard InChI is InChI=1S/C19H24F2N4O/c1-3-4-10-26-18-14(6-5-9-23-18)12-24-19(22-2)25-13-15-11-16(20)7-8-17(15)21/h5-9,11H,3-4,10,12-13H2,1-2H3,(H2,22,24,25). The van der Waals surface area contributed by atoms with Crippen molar-refractivity contribution < 1.29 is 13.5 Å². The Bertz CT molecular complexity index is 737. The Kier molecular flexibility index (Phi) is 7.79. The van der Waals surface area contributed by atoms with E-state index in [1.807, 2.05) is 12.1 Å². The highest BCUT2D eigenvalue weighted by Crippen LogP contribution is 2.14. The molecule has 1 aromatic heterocycles. The van der Waals surface area contributed by atoms with Crippen LogP contribution in [0, 0.1) is 11.6 Å². The van der Waals surface area contributed by atoms with Crippen molar-refractivity contribution in [2.45, 2.75) is 32.9 Å². The van der Waals surface area contributed by atoms with Gasteiger partial charge in [-0.1, -0.05) is 19.4 Å². The van der Waals surface area contributed by atoms with E-state index < -0.39 is 11.6 Å². The number of hydrogen-bond donors (Lipinski definition) is 2. The summed E-state index contributed by atoms with van der Waals surface area (Å²) >= 11 is 0. The Morgan fingerprint density at radius 3 is 2.65 bits per heavy atom. The predicted octanol–water partition coefficient (Wildman–Crippen LogP) is 3.40. The van der Waals surface area contributed by atoms with Crippen LogP contribution in [0.3, 0.4) is 0 Å². The summed E-state index contributed by atoms with van der Waals surface area (Å²) in [4.78, 5) is 8.35. The molecule has 0 saturated heterocycles. The largest absolute Gasteiger partial charge is 0.477 e. The maximum absolute atomic E-state index is 13.7. The third-order valence-electron chi connectivity index (χ3n) is 3.71. The van der Waals surface area contributed by atoms with Gasteiger partial charge in [-0.3, -0.25) is 4.99 Å². The number of hydrogen-bond acceptors (Lipinski definition) is 3. The van der Waals surface area contributed by atoms with Gasteiger partial charge >= 0.3 is 0 Å². The molecule has 0 fully saturated rings. The van der Waals surface area contributed by atoms with Crippen LogP contribution in [0.5, 0.6) is 5.88 Å². The normalized spacial score (nSPS) is 11.3. The van der Waals surface area contributed by atoms with E-state index in [2.05, 4.69) is 27.5 Å². The van der Waals surface area contributed by atoms with Crippen LogP contribution in [0.4, 0.5) is 8.78 Å². The Morgan fingerprint density at radius 2 is 1.92 bits per heavy atom. The quantitative estimate of drug-likeness (QED) is 0.429. The molecular formula is C19H24F2N4O. The van der Waals surface area contributed by atoms with E-state index in [9.17, 15) is 8.78 Å². The van der Waals surface area contributed by atoms with E-state index in [-0.39, 0.29) is 12.1 Å². The lowest BCUT2D eigenvalue weighted by Crippen LogP contribution is -2.36. The monoisotopic (exact) mass is 362 g/mol. The van der Waals surface area contributed by atoms with Crippen LogP contribution in [0.15, 0.2) is 41.5 Å². The number of aliphatic imine (C=N–C) groups is 1. The van der Waals surface area contributed by atoms with Crippen molar-refractivity contribution in [3.05, 3.63) is 59.3 Å². The summed E-state index contributed by atoms with van der Waals surface area (Å²) in [5.74, 6) is 0.112. The zero-order valence-electron chi connectivity index (χ0n) is 15.1.